The first-order chi connectivity index (χ1) is 13.0. The number of rotatable bonds is 9. The molecule has 9 heteroatoms. The largest absolute Gasteiger partial charge is 0.462 e. The fraction of sp³-hybridized carbons (Fsp3) is 0.579. The summed E-state index contributed by atoms with van der Waals surface area (Å²) in [7, 11) is 0. The topological polar surface area (TPSA) is 100 Å². The Morgan fingerprint density at radius 1 is 1.07 bits per heavy atom. The van der Waals surface area contributed by atoms with Crippen molar-refractivity contribution in [3.63, 3.8) is 0 Å². The van der Waals surface area contributed by atoms with Crippen molar-refractivity contribution < 1.29 is 32.2 Å². The molecule has 0 aromatic heterocycles. The summed E-state index contributed by atoms with van der Waals surface area (Å²) in [4.78, 5) is 25.2. The summed E-state index contributed by atoms with van der Waals surface area (Å²) in [5.41, 5.74) is -1.78. The van der Waals surface area contributed by atoms with E-state index in [0.717, 1.165) is 5.56 Å². The standard InChI is InChI=1S/C19H29NO7S/c1-7-24-16(21)19(25-8-2,20-17(22)27-18(4,5)6)13-26-28(23)15-11-9-14(3)10-12-15/h9-12H,7-8,13H2,1-6H3,(H,20,22)/t19-,28?/m1/s1. The van der Waals surface area contributed by atoms with Crippen molar-refractivity contribution in [2.45, 2.75) is 57.8 Å². The molecule has 0 aliphatic carbocycles. The van der Waals surface area contributed by atoms with Crippen molar-refractivity contribution in [2.24, 2.45) is 0 Å². The van der Waals surface area contributed by atoms with Crippen LogP contribution in [-0.2, 0) is 34.3 Å². The lowest BCUT2D eigenvalue weighted by Crippen LogP contribution is -2.61. The van der Waals surface area contributed by atoms with Crippen LogP contribution >= 0.6 is 0 Å². The minimum absolute atomic E-state index is 0.0602. The summed E-state index contributed by atoms with van der Waals surface area (Å²) < 4.78 is 33.5. The molecule has 0 fully saturated rings. The van der Waals surface area contributed by atoms with Crippen LogP contribution in [0, 0.1) is 6.92 Å². The van der Waals surface area contributed by atoms with Crippen LogP contribution < -0.4 is 5.32 Å². The number of hydrogen-bond donors (Lipinski definition) is 1. The number of amides is 1. The lowest BCUT2D eigenvalue weighted by Gasteiger charge is -2.32. The Morgan fingerprint density at radius 2 is 1.68 bits per heavy atom. The molecule has 0 bridgehead atoms. The number of esters is 1. The second-order valence-corrected chi connectivity index (χ2v) is 8.09. The summed E-state index contributed by atoms with van der Waals surface area (Å²) in [6.07, 6.45) is -0.890. The third-order valence-electron chi connectivity index (χ3n) is 3.28. The van der Waals surface area contributed by atoms with Gasteiger partial charge in [0.1, 0.15) is 12.2 Å². The Labute approximate surface area is 168 Å². The second kappa shape index (κ2) is 10.5. The highest BCUT2D eigenvalue weighted by Gasteiger charge is 2.45. The highest BCUT2D eigenvalue weighted by atomic mass is 32.2. The lowest BCUT2D eigenvalue weighted by atomic mass is 10.2. The van der Waals surface area contributed by atoms with Crippen LogP contribution in [0.15, 0.2) is 29.2 Å². The normalized spacial score (nSPS) is 14.6. The van der Waals surface area contributed by atoms with E-state index in [9.17, 15) is 13.8 Å². The van der Waals surface area contributed by atoms with E-state index in [2.05, 4.69) is 5.32 Å². The average Bonchev–Trinajstić information content (AvgIpc) is 2.58. The minimum Gasteiger partial charge on any atom is -0.462 e. The van der Waals surface area contributed by atoms with E-state index in [1.54, 1.807) is 58.9 Å². The number of carbonyl (C=O) groups excluding carboxylic acids is 2. The van der Waals surface area contributed by atoms with Crippen molar-refractivity contribution >= 4 is 23.1 Å². The number of alkyl carbamates (subject to hydrolysis) is 1. The van der Waals surface area contributed by atoms with Crippen LogP contribution in [0.1, 0.15) is 40.2 Å². The molecule has 8 nitrogen and oxygen atoms in total. The van der Waals surface area contributed by atoms with Crippen LogP contribution in [0.2, 0.25) is 0 Å². The molecule has 1 aromatic carbocycles. The van der Waals surface area contributed by atoms with Gasteiger partial charge in [-0.3, -0.25) is 9.50 Å². The Kier molecular flexibility index (Phi) is 9.06. The number of carbonyl (C=O) groups is 2. The average molecular weight is 416 g/mol. The Morgan fingerprint density at radius 3 is 2.18 bits per heavy atom. The monoisotopic (exact) mass is 415 g/mol. The molecule has 158 valence electrons. The maximum atomic E-state index is 12.6. The predicted octanol–water partition coefficient (Wildman–Crippen LogP) is 2.85. The molecule has 1 aromatic rings. The SMILES string of the molecule is CCOC(=O)[C@](COS(=O)c1ccc(C)cc1)(NC(=O)OC(C)(C)C)OCC. The Bertz CT molecular complexity index is 685. The molecule has 0 spiro atoms. The molecular formula is C19H29NO7S. The van der Waals surface area contributed by atoms with Gasteiger partial charge in [-0.05, 0) is 53.7 Å². The highest BCUT2D eigenvalue weighted by molar-refractivity contribution is 7.80. The van der Waals surface area contributed by atoms with Gasteiger partial charge in [0.2, 0.25) is 0 Å². The van der Waals surface area contributed by atoms with Gasteiger partial charge >= 0.3 is 12.1 Å². The Hall–Kier alpha value is -1.97. The molecule has 0 saturated carbocycles. The maximum absolute atomic E-state index is 12.6. The van der Waals surface area contributed by atoms with Crippen molar-refractivity contribution in [3.8, 4) is 0 Å². The summed E-state index contributed by atoms with van der Waals surface area (Å²) >= 11 is -1.88. The van der Waals surface area contributed by atoms with Crippen molar-refractivity contribution in [1.82, 2.24) is 5.32 Å². The van der Waals surface area contributed by atoms with Gasteiger partial charge in [-0.2, -0.15) is 0 Å². The van der Waals surface area contributed by atoms with Gasteiger partial charge in [-0.15, -0.1) is 0 Å². The van der Waals surface area contributed by atoms with E-state index < -0.39 is 41.1 Å². The number of aryl methyl sites for hydroxylation is 1. The highest BCUT2D eigenvalue weighted by Crippen LogP contribution is 2.17. The summed E-state index contributed by atoms with van der Waals surface area (Å²) in [5.74, 6) is -0.872. The van der Waals surface area contributed by atoms with Crippen molar-refractivity contribution in [3.05, 3.63) is 29.8 Å². The summed E-state index contributed by atoms with van der Waals surface area (Å²) in [6.45, 7) is 9.81. The first-order valence-corrected chi connectivity index (χ1v) is 10.0. The summed E-state index contributed by atoms with van der Waals surface area (Å²) in [6, 6.07) is 6.88. The number of benzene rings is 1. The molecule has 28 heavy (non-hydrogen) atoms. The van der Waals surface area contributed by atoms with E-state index in [-0.39, 0.29) is 13.2 Å². The van der Waals surface area contributed by atoms with Gasteiger partial charge < -0.3 is 14.2 Å². The lowest BCUT2D eigenvalue weighted by molar-refractivity contribution is -0.180. The zero-order valence-corrected chi connectivity index (χ0v) is 18.0. The summed E-state index contributed by atoms with van der Waals surface area (Å²) in [5, 5.41) is 2.37. The zero-order valence-electron chi connectivity index (χ0n) is 17.2. The molecule has 1 amide bonds. The smallest absolute Gasteiger partial charge is 0.410 e. The number of ether oxygens (including phenoxy) is 3. The maximum Gasteiger partial charge on any atom is 0.410 e. The quantitative estimate of drug-likeness (QED) is 0.489. The van der Waals surface area contributed by atoms with Crippen molar-refractivity contribution in [1.29, 1.82) is 0 Å². The fourth-order valence-electron chi connectivity index (χ4n) is 2.10. The minimum atomic E-state index is -1.99. The van der Waals surface area contributed by atoms with Gasteiger partial charge in [0.25, 0.3) is 5.72 Å². The zero-order chi connectivity index (χ0) is 21.4. The van der Waals surface area contributed by atoms with Crippen molar-refractivity contribution in [2.75, 3.05) is 19.8 Å². The molecule has 0 radical (unpaired) electrons. The van der Waals surface area contributed by atoms with Crippen LogP contribution in [0.3, 0.4) is 0 Å². The third-order valence-corrected chi connectivity index (χ3v) is 4.27. The van der Waals surface area contributed by atoms with Gasteiger partial charge in [-0.25, -0.2) is 13.8 Å². The molecule has 1 rings (SSSR count). The van der Waals surface area contributed by atoms with E-state index in [1.807, 2.05) is 6.92 Å². The van der Waals surface area contributed by atoms with Gasteiger partial charge in [0.15, 0.2) is 11.1 Å². The number of hydrogen-bond acceptors (Lipinski definition) is 7. The fourth-order valence-corrected chi connectivity index (χ4v) is 2.87. The van der Waals surface area contributed by atoms with Crippen LogP contribution in [-0.4, -0.2) is 47.4 Å². The van der Waals surface area contributed by atoms with Crippen LogP contribution in [0.5, 0.6) is 0 Å². The van der Waals surface area contributed by atoms with E-state index >= 15 is 0 Å². The predicted molar refractivity (Wildman–Crippen MR) is 104 cm³/mol. The second-order valence-electron chi connectivity index (χ2n) is 6.92. The van der Waals surface area contributed by atoms with E-state index in [4.69, 9.17) is 18.4 Å². The molecule has 0 saturated heterocycles. The molecule has 1 unspecified atom stereocenters. The molecule has 0 aliphatic rings. The first kappa shape index (κ1) is 24.1. The molecule has 2 atom stereocenters. The van der Waals surface area contributed by atoms with Crippen LogP contribution in [0.25, 0.3) is 0 Å². The molecule has 0 heterocycles. The van der Waals surface area contributed by atoms with Gasteiger partial charge in [0, 0.05) is 6.61 Å². The molecular weight excluding hydrogens is 386 g/mol. The first-order valence-electron chi connectivity index (χ1n) is 8.97. The van der Waals surface area contributed by atoms with Gasteiger partial charge in [-0.1, -0.05) is 17.7 Å². The number of nitrogens with one attached hydrogen (secondary N) is 1. The van der Waals surface area contributed by atoms with Gasteiger partial charge in [0.05, 0.1) is 11.5 Å². The Balaban J connectivity index is 3.03. The van der Waals surface area contributed by atoms with Crippen LogP contribution in [0.4, 0.5) is 4.79 Å². The molecule has 1 N–H and O–H groups in total. The third kappa shape index (κ3) is 7.57. The van der Waals surface area contributed by atoms with E-state index in [0.29, 0.717) is 4.90 Å². The molecule has 0 aliphatic heterocycles. The van der Waals surface area contributed by atoms with E-state index in [1.165, 1.54) is 0 Å².